The van der Waals surface area contributed by atoms with E-state index >= 15 is 8.78 Å². The summed E-state index contributed by atoms with van der Waals surface area (Å²) in [5, 5.41) is 31.4. The number of aliphatic hydroxyl groups excluding tert-OH is 3. The van der Waals surface area contributed by atoms with Crippen molar-refractivity contribution in [1.29, 1.82) is 0 Å². The molecule has 0 aromatic carbocycles. The average molecular weight is 540 g/mol. The zero-order chi connectivity index (χ0) is 27.6. The van der Waals surface area contributed by atoms with Crippen LogP contribution in [0, 0.1) is 52.3 Å². The van der Waals surface area contributed by atoms with E-state index in [-0.39, 0.29) is 34.7 Å². The lowest BCUT2D eigenvalue weighted by Crippen LogP contribution is -2.64. The molecule has 4 aliphatic carbocycles. The van der Waals surface area contributed by atoms with Gasteiger partial charge in [-0.05, 0) is 97.5 Å². The number of halogens is 3. The van der Waals surface area contributed by atoms with E-state index in [4.69, 9.17) is 0 Å². The summed E-state index contributed by atoms with van der Waals surface area (Å²) < 4.78 is 45.1. The topological polar surface area (TPSA) is 93.5 Å². The van der Waals surface area contributed by atoms with Crippen LogP contribution in [0.2, 0.25) is 0 Å². The monoisotopic (exact) mass is 539 g/mol. The Morgan fingerprint density at radius 3 is 2.39 bits per heavy atom. The summed E-state index contributed by atoms with van der Waals surface area (Å²) in [4.78, 5) is 14.0. The van der Waals surface area contributed by atoms with Gasteiger partial charge in [0.05, 0.1) is 18.3 Å². The van der Waals surface area contributed by atoms with Crippen molar-refractivity contribution < 1.29 is 28.5 Å². The van der Waals surface area contributed by atoms with Crippen LogP contribution in [-0.4, -0.2) is 38.4 Å². The first-order valence-corrected chi connectivity index (χ1v) is 14.6. The lowest BCUT2D eigenvalue weighted by atomic mass is 9.43. The third-order valence-corrected chi connectivity index (χ3v) is 11.9. The van der Waals surface area contributed by atoms with Gasteiger partial charge in [-0.15, -0.1) is 0 Å². The molecule has 8 heteroatoms. The molecule has 214 valence electrons. The van der Waals surface area contributed by atoms with Crippen molar-refractivity contribution in [1.82, 2.24) is 4.98 Å². The second-order valence-corrected chi connectivity index (χ2v) is 13.7. The smallest absolute Gasteiger partial charge is 0.255 e. The molecule has 0 aliphatic heterocycles. The maximum Gasteiger partial charge on any atom is 0.255 e. The van der Waals surface area contributed by atoms with Crippen LogP contribution < -0.4 is 5.56 Å². The number of H-pyrrole nitrogens is 1. The van der Waals surface area contributed by atoms with Gasteiger partial charge in [-0.25, -0.2) is 8.78 Å². The van der Waals surface area contributed by atoms with E-state index in [0.29, 0.717) is 37.5 Å². The summed E-state index contributed by atoms with van der Waals surface area (Å²) >= 11 is 0. The number of rotatable bonds is 6. The van der Waals surface area contributed by atoms with Gasteiger partial charge in [-0.2, -0.15) is 4.39 Å². The van der Waals surface area contributed by atoms with Gasteiger partial charge in [0.25, 0.3) is 11.5 Å². The minimum Gasteiger partial charge on any atom is -0.390 e. The lowest BCUT2D eigenvalue weighted by molar-refractivity contribution is -0.258. The van der Waals surface area contributed by atoms with E-state index in [1.54, 1.807) is 0 Å². The minimum atomic E-state index is -2.86. The molecule has 38 heavy (non-hydrogen) atoms. The molecule has 0 saturated heterocycles. The number of hydrogen-bond acceptors (Lipinski definition) is 4. The molecule has 0 bridgehead atoms. The lowest BCUT2D eigenvalue weighted by Gasteiger charge is -2.63. The number of aromatic nitrogens is 1. The molecular weight excluding hydrogens is 495 g/mol. The summed E-state index contributed by atoms with van der Waals surface area (Å²) in [6.07, 6.45) is 3.14. The number of hydrogen-bond donors (Lipinski definition) is 4. The predicted octanol–water partition coefficient (Wildman–Crippen LogP) is 5.59. The summed E-state index contributed by atoms with van der Waals surface area (Å²) in [5.41, 5.74) is -0.994. The third kappa shape index (κ3) is 4.46. The Bertz CT molecular complexity index is 1080. The van der Waals surface area contributed by atoms with E-state index in [1.807, 2.05) is 0 Å². The number of aromatic amines is 1. The minimum absolute atomic E-state index is 0.0613. The Kier molecular flexibility index (Phi) is 7.35. The van der Waals surface area contributed by atoms with Crippen LogP contribution in [0.4, 0.5) is 13.2 Å². The molecule has 1 aromatic heterocycles. The molecule has 0 amide bonds. The van der Waals surface area contributed by atoms with Crippen molar-refractivity contribution in [3.8, 4) is 0 Å². The van der Waals surface area contributed by atoms with Gasteiger partial charge in [0.1, 0.15) is 0 Å². The normalized spacial score (nSPS) is 43.6. The van der Waals surface area contributed by atoms with Gasteiger partial charge >= 0.3 is 0 Å². The molecule has 4 saturated carbocycles. The highest BCUT2D eigenvalue weighted by Gasteiger charge is 2.69. The molecule has 0 spiro atoms. The van der Waals surface area contributed by atoms with Crippen molar-refractivity contribution in [3.05, 3.63) is 34.0 Å². The van der Waals surface area contributed by atoms with Crippen LogP contribution in [0.5, 0.6) is 0 Å². The fraction of sp³-hybridized carbons (Fsp3) is 0.833. The first kappa shape index (κ1) is 28.2. The molecule has 5 rings (SSSR count). The molecule has 5 nitrogen and oxygen atoms in total. The van der Waals surface area contributed by atoms with Crippen molar-refractivity contribution in [2.75, 3.05) is 0 Å². The zero-order valence-corrected chi connectivity index (χ0v) is 22.8. The number of alkyl halides is 2. The molecule has 1 unspecified atom stereocenters. The van der Waals surface area contributed by atoms with Crippen molar-refractivity contribution >= 4 is 0 Å². The van der Waals surface area contributed by atoms with Gasteiger partial charge in [-0.3, -0.25) is 9.78 Å². The van der Waals surface area contributed by atoms with E-state index < -0.39 is 47.6 Å². The Morgan fingerprint density at radius 2 is 1.68 bits per heavy atom. The van der Waals surface area contributed by atoms with Crippen molar-refractivity contribution in [3.63, 3.8) is 0 Å². The summed E-state index contributed by atoms with van der Waals surface area (Å²) in [6, 6.07) is 2.46. The van der Waals surface area contributed by atoms with Crippen LogP contribution in [0.1, 0.15) is 96.6 Å². The first-order chi connectivity index (χ1) is 17.8. The summed E-state index contributed by atoms with van der Waals surface area (Å²) in [6.45, 7) is 6.50. The predicted molar refractivity (Wildman–Crippen MR) is 138 cm³/mol. The van der Waals surface area contributed by atoms with Gasteiger partial charge in [0.15, 0.2) is 5.95 Å². The Hall–Kier alpha value is -1.38. The molecule has 1 aromatic rings. The zero-order valence-electron chi connectivity index (χ0n) is 22.8. The average Bonchev–Trinajstić information content (AvgIpc) is 3.20. The highest BCUT2D eigenvalue weighted by Crippen LogP contribution is 2.71. The molecule has 4 aliphatic rings. The Labute approximate surface area is 223 Å². The van der Waals surface area contributed by atoms with E-state index in [1.165, 1.54) is 6.07 Å². The number of fused-ring (bicyclic) bond motifs is 5. The first-order valence-electron chi connectivity index (χ1n) is 14.6. The van der Waals surface area contributed by atoms with E-state index in [2.05, 4.69) is 25.8 Å². The maximum absolute atomic E-state index is 16.0. The highest BCUT2D eigenvalue weighted by atomic mass is 19.3. The number of aliphatic hydroxyl groups is 3. The standard InChI is InChI=1S/C30H44F3NO4/c1-16(5-4-6-22(35)17-7-10-24(31)34-27(17)38)18-8-9-19-25-20(11-13-28(18,19)2)29(3)14-12-23(36)26(37)21(29)15-30(25,32)33/h7,10,16,18-23,25-26,35-37H,4-6,8-9,11-15H2,1-3H3,(H,34,38)/t16-,18-,19+,20+,21+,22?,23+,25+,26-,28-,29-/m1/s1. The van der Waals surface area contributed by atoms with Crippen LogP contribution in [0.3, 0.4) is 0 Å². The van der Waals surface area contributed by atoms with Crippen molar-refractivity contribution in [2.45, 2.75) is 109 Å². The quantitative estimate of drug-likeness (QED) is 0.355. The van der Waals surface area contributed by atoms with Crippen LogP contribution in [0.25, 0.3) is 0 Å². The molecule has 1 heterocycles. The Balaban J connectivity index is 1.27. The number of pyridine rings is 1. The van der Waals surface area contributed by atoms with E-state index in [0.717, 1.165) is 38.2 Å². The number of nitrogens with one attached hydrogen (secondary N) is 1. The summed E-state index contributed by atoms with van der Waals surface area (Å²) in [5.74, 6) is -4.43. The van der Waals surface area contributed by atoms with E-state index in [9.17, 15) is 24.5 Å². The molecule has 11 atom stereocenters. The third-order valence-electron chi connectivity index (χ3n) is 11.9. The van der Waals surface area contributed by atoms with Gasteiger partial charge < -0.3 is 15.3 Å². The molecule has 4 fully saturated rings. The SMILES string of the molecule is C[C@H](CCCC(O)c1ccc(F)[nH]c1=O)[C@H]1CC[C@H]2[C@H]3[C@H](CC[C@]12C)[C@@]1(C)CC[C@H](O)[C@H](O)[C@@H]1CC3(F)F. The Morgan fingerprint density at radius 1 is 1.00 bits per heavy atom. The molecule has 4 N–H and O–H groups in total. The highest BCUT2D eigenvalue weighted by molar-refractivity contribution is 5.15. The second-order valence-electron chi connectivity index (χ2n) is 13.7. The van der Waals surface area contributed by atoms with Crippen LogP contribution in [0.15, 0.2) is 16.9 Å². The fourth-order valence-corrected chi connectivity index (χ4v) is 9.87. The van der Waals surface area contributed by atoms with Crippen LogP contribution >= 0.6 is 0 Å². The van der Waals surface area contributed by atoms with Gasteiger partial charge in [0, 0.05) is 17.9 Å². The van der Waals surface area contributed by atoms with Gasteiger partial charge in [-0.1, -0.05) is 33.6 Å². The molecule has 0 radical (unpaired) electrons. The summed E-state index contributed by atoms with van der Waals surface area (Å²) in [7, 11) is 0. The van der Waals surface area contributed by atoms with Crippen LogP contribution in [-0.2, 0) is 0 Å². The molecular formula is C30H44F3NO4. The van der Waals surface area contributed by atoms with Gasteiger partial charge in [0.2, 0.25) is 0 Å². The second kappa shape index (κ2) is 9.91. The largest absolute Gasteiger partial charge is 0.390 e. The van der Waals surface area contributed by atoms with Crippen molar-refractivity contribution in [2.24, 2.45) is 46.3 Å². The maximum atomic E-state index is 16.0. The fourth-order valence-electron chi connectivity index (χ4n) is 9.87.